The molecule has 2 heterocycles. The summed E-state index contributed by atoms with van der Waals surface area (Å²) in [6, 6.07) is 18.7. The molecule has 0 amide bonds. The second-order valence-electron chi connectivity index (χ2n) is 5.78. The summed E-state index contributed by atoms with van der Waals surface area (Å²) in [6.45, 7) is 2.16. The molecule has 7 nitrogen and oxygen atoms in total. The second-order valence-corrected chi connectivity index (χ2v) is 5.78. The molecule has 0 bridgehead atoms. The van der Waals surface area contributed by atoms with Crippen LogP contribution in [0.4, 0.5) is 0 Å². The molecule has 0 aliphatic rings. The minimum Gasteiger partial charge on any atom is -0.478 e. The van der Waals surface area contributed by atoms with Gasteiger partial charge in [0.05, 0.1) is 12.1 Å². The van der Waals surface area contributed by atoms with Gasteiger partial charge in [0.15, 0.2) is 0 Å². The molecule has 0 saturated carbocycles. The van der Waals surface area contributed by atoms with Gasteiger partial charge in [0.1, 0.15) is 22.8 Å². The van der Waals surface area contributed by atoms with Gasteiger partial charge < -0.3 is 4.74 Å². The highest BCUT2D eigenvalue weighted by Gasteiger charge is 2.23. The zero-order valence-electron chi connectivity index (χ0n) is 14.5. The molecule has 1 N–H and O–H groups in total. The first-order valence-corrected chi connectivity index (χ1v) is 8.44. The molecule has 0 aliphatic carbocycles. The van der Waals surface area contributed by atoms with Crippen LogP contribution in [-0.2, 0) is 0 Å². The van der Waals surface area contributed by atoms with E-state index in [1.807, 2.05) is 67.6 Å². The zero-order chi connectivity index (χ0) is 18.8. The van der Waals surface area contributed by atoms with Crippen molar-refractivity contribution in [3.05, 3.63) is 70.5 Å². The number of hydrogen-bond acceptors (Lipinski definition) is 5. The van der Waals surface area contributed by atoms with Crippen molar-refractivity contribution < 1.29 is 4.74 Å². The SMILES string of the molecule is CCOc1[nH]c(=O)c(C#N)c(-c2ccccc2)c1-n1nnc2ccccc21. The number of ether oxygens (including phenoxy) is 1. The normalized spacial score (nSPS) is 10.7. The van der Waals surface area contributed by atoms with E-state index in [9.17, 15) is 10.1 Å². The van der Waals surface area contributed by atoms with Gasteiger partial charge in [0, 0.05) is 5.56 Å². The molecule has 2 aromatic carbocycles. The van der Waals surface area contributed by atoms with Crippen LogP contribution < -0.4 is 10.3 Å². The lowest BCUT2D eigenvalue weighted by Crippen LogP contribution is -2.18. The Morgan fingerprint density at radius 3 is 2.63 bits per heavy atom. The lowest BCUT2D eigenvalue weighted by Gasteiger charge is -2.16. The summed E-state index contributed by atoms with van der Waals surface area (Å²) in [6.07, 6.45) is 0. The molecule has 2 aromatic heterocycles. The van der Waals surface area contributed by atoms with Gasteiger partial charge in [0.25, 0.3) is 5.56 Å². The van der Waals surface area contributed by atoms with Crippen LogP contribution in [0.2, 0.25) is 0 Å². The average molecular weight is 357 g/mol. The van der Waals surface area contributed by atoms with Gasteiger partial charge in [-0.3, -0.25) is 9.78 Å². The number of fused-ring (bicyclic) bond motifs is 1. The van der Waals surface area contributed by atoms with Crippen molar-refractivity contribution in [1.29, 1.82) is 5.26 Å². The first-order chi connectivity index (χ1) is 13.2. The van der Waals surface area contributed by atoms with Crippen LogP contribution in [0.15, 0.2) is 59.4 Å². The molecular formula is C20H15N5O2. The van der Waals surface area contributed by atoms with E-state index in [-0.39, 0.29) is 11.4 Å². The molecule has 0 radical (unpaired) electrons. The molecule has 0 saturated heterocycles. The molecule has 0 aliphatic heterocycles. The summed E-state index contributed by atoms with van der Waals surface area (Å²) in [4.78, 5) is 15.2. The number of nitrogens with zero attached hydrogens (tertiary/aromatic N) is 4. The van der Waals surface area contributed by atoms with Crippen LogP contribution in [0, 0.1) is 11.3 Å². The molecule has 27 heavy (non-hydrogen) atoms. The number of pyridine rings is 1. The highest BCUT2D eigenvalue weighted by atomic mass is 16.5. The van der Waals surface area contributed by atoms with Gasteiger partial charge in [-0.15, -0.1) is 5.10 Å². The van der Waals surface area contributed by atoms with Crippen molar-refractivity contribution in [2.45, 2.75) is 6.92 Å². The summed E-state index contributed by atoms with van der Waals surface area (Å²) in [7, 11) is 0. The van der Waals surface area contributed by atoms with Crippen LogP contribution in [0.25, 0.3) is 27.8 Å². The Morgan fingerprint density at radius 1 is 1.15 bits per heavy atom. The van der Waals surface area contributed by atoms with Gasteiger partial charge in [-0.25, -0.2) is 4.68 Å². The summed E-state index contributed by atoms with van der Waals surface area (Å²) in [5.41, 5.74) is 2.59. The van der Waals surface area contributed by atoms with E-state index in [4.69, 9.17) is 4.74 Å². The largest absolute Gasteiger partial charge is 0.478 e. The maximum Gasteiger partial charge on any atom is 0.269 e. The quantitative estimate of drug-likeness (QED) is 0.605. The summed E-state index contributed by atoms with van der Waals surface area (Å²) in [5.74, 6) is 0.246. The lowest BCUT2D eigenvalue weighted by molar-refractivity contribution is 0.324. The average Bonchev–Trinajstić information content (AvgIpc) is 3.12. The lowest BCUT2D eigenvalue weighted by atomic mass is 10.00. The van der Waals surface area contributed by atoms with Crippen molar-refractivity contribution >= 4 is 11.0 Å². The molecule has 4 aromatic rings. The van der Waals surface area contributed by atoms with E-state index in [1.165, 1.54) is 0 Å². The minimum atomic E-state index is -0.507. The zero-order valence-corrected chi connectivity index (χ0v) is 14.5. The number of benzene rings is 2. The molecule has 0 fully saturated rings. The summed E-state index contributed by atoms with van der Waals surface area (Å²) >= 11 is 0. The summed E-state index contributed by atoms with van der Waals surface area (Å²) < 4.78 is 7.30. The van der Waals surface area contributed by atoms with Crippen molar-refractivity contribution in [3.63, 3.8) is 0 Å². The standard InChI is InChI=1S/C20H15N5O2/c1-2-27-20-18(25-16-11-7-6-10-15(16)23-24-25)17(13-8-4-3-5-9-13)14(12-21)19(26)22-20/h3-11H,2H2,1H3,(H,22,26). The van der Waals surface area contributed by atoms with E-state index >= 15 is 0 Å². The van der Waals surface area contributed by atoms with Crippen LogP contribution >= 0.6 is 0 Å². The Kier molecular flexibility index (Phi) is 4.15. The summed E-state index contributed by atoms with van der Waals surface area (Å²) in [5, 5.41) is 18.1. The van der Waals surface area contributed by atoms with Crippen molar-refractivity contribution in [3.8, 4) is 28.8 Å². The molecule has 132 valence electrons. The third kappa shape index (κ3) is 2.73. The van der Waals surface area contributed by atoms with E-state index in [2.05, 4.69) is 15.3 Å². The number of H-pyrrole nitrogens is 1. The van der Waals surface area contributed by atoms with Crippen LogP contribution in [0.3, 0.4) is 0 Å². The van der Waals surface area contributed by atoms with Gasteiger partial charge in [-0.05, 0) is 24.6 Å². The Morgan fingerprint density at radius 2 is 1.89 bits per heavy atom. The molecule has 4 rings (SSSR count). The number of nitrogens with one attached hydrogen (secondary N) is 1. The molecule has 0 atom stereocenters. The third-order valence-corrected chi connectivity index (χ3v) is 4.18. The number of para-hydroxylation sites is 1. The Bertz CT molecular complexity index is 1220. The van der Waals surface area contributed by atoms with Crippen molar-refractivity contribution in [2.24, 2.45) is 0 Å². The van der Waals surface area contributed by atoms with Crippen LogP contribution in [0.1, 0.15) is 12.5 Å². The van der Waals surface area contributed by atoms with Gasteiger partial charge in [0.2, 0.25) is 5.88 Å². The number of hydrogen-bond donors (Lipinski definition) is 1. The molecule has 0 spiro atoms. The van der Waals surface area contributed by atoms with Gasteiger partial charge in [-0.1, -0.05) is 47.7 Å². The Hall–Kier alpha value is -3.92. The fourth-order valence-electron chi connectivity index (χ4n) is 3.05. The van der Waals surface area contributed by atoms with Crippen LogP contribution in [-0.4, -0.2) is 26.6 Å². The topological polar surface area (TPSA) is 96.6 Å². The van der Waals surface area contributed by atoms with Crippen molar-refractivity contribution in [2.75, 3.05) is 6.61 Å². The fourth-order valence-corrected chi connectivity index (χ4v) is 3.05. The number of rotatable bonds is 4. The van der Waals surface area contributed by atoms with Gasteiger partial charge in [-0.2, -0.15) is 5.26 Å². The Labute approximate surface area is 154 Å². The highest BCUT2D eigenvalue weighted by Crippen LogP contribution is 2.35. The van der Waals surface area contributed by atoms with E-state index < -0.39 is 5.56 Å². The molecule has 7 heteroatoms. The van der Waals surface area contributed by atoms with Crippen molar-refractivity contribution in [1.82, 2.24) is 20.0 Å². The number of aromatic nitrogens is 4. The maximum atomic E-state index is 12.5. The smallest absolute Gasteiger partial charge is 0.269 e. The maximum absolute atomic E-state index is 12.5. The highest BCUT2D eigenvalue weighted by molar-refractivity contribution is 5.84. The van der Waals surface area contributed by atoms with E-state index in [0.717, 1.165) is 11.1 Å². The molecule has 0 unspecified atom stereocenters. The third-order valence-electron chi connectivity index (χ3n) is 4.18. The second kappa shape index (κ2) is 6.77. The number of aromatic amines is 1. The first kappa shape index (κ1) is 16.5. The van der Waals surface area contributed by atoms with E-state index in [1.54, 1.807) is 4.68 Å². The fraction of sp³-hybridized carbons (Fsp3) is 0.100. The number of nitriles is 1. The van der Waals surface area contributed by atoms with E-state index in [0.29, 0.717) is 23.4 Å². The van der Waals surface area contributed by atoms with Gasteiger partial charge >= 0.3 is 0 Å². The van der Waals surface area contributed by atoms with Crippen LogP contribution in [0.5, 0.6) is 5.88 Å². The first-order valence-electron chi connectivity index (χ1n) is 8.44. The molecular weight excluding hydrogens is 342 g/mol. The monoisotopic (exact) mass is 357 g/mol. The predicted octanol–water partition coefficient (Wildman–Crippen LogP) is 3.05. The predicted molar refractivity (Wildman–Crippen MR) is 101 cm³/mol. The minimum absolute atomic E-state index is 0.000709. The Balaban J connectivity index is 2.16.